The van der Waals surface area contributed by atoms with Gasteiger partial charge in [0.1, 0.15) is 5.82 Å². The van der Waals surface area contributed by atoms with Crippen LogP contribution >= 0.6 is 11.8 Å². The summed E-state index contributed by atoms with van der Waals surface area (Å²) in [6, 6.07) is 10.2. The highest BCUT2D eigenvalue weighted by molar-refractivity contribution is 7.99. The Kier molecular flexibility index (Phi) is 7.29. The van der Waals surface area contributed by atoms with E-state index in [1.165, 1.54) is 18.7 Å². The summed E-state index contributed by atoms with van der Waals surface area (Å²) in [7, 11) is 2.17. The van der Waals surface area contributed by atoms with Gasteiger partial charge >= 0.3 is 0 Å². The molecule has 3 heterocycles. The Morgan fingerprint density at radius 2 is 1.91 bits per heavy atom. The molecule has 8 nitrogen and oxygen atoms in total. The molecule has 4 rings (SSSR count). The van der Waals surface area contributed by atoms with Gasteiger partial charge in [-0.25, -0.2) is 9.97 Å². The minimum absolute atomic E-state index is 0.0832. The van der Waals surface area contributed by atoms with Gasteiger partial charge in [-0.3, -0.25) is 9.89 Å². The maximum Gasteiger partial charge on any atom is 0.221 e. The van der Waals surface area contributed by atoms with E-state index in [-0.39, 0.29) is 5.91 Å². The SMILES string of the molecule is CC(=O)Nc1ccc(Sc2nc(Cc3cc(C)[nH]n3)c(C)c(NC3CCN(C)CC3)n2)cc1. The summed E-state index contributed by atoms with van der Waals surface area (Å²) in [5, 5.41) is 14.6. The van der Waals surface area contributed by atoms with Crippen molar-refractivity contribution < 1.29 is 4.79 Å². The maximum absolute atomic E-state index is 11.3. The molecule has 2 aromatic heterocycles. The van der Waals surface area contributed by atoms with Gasteiger partial charge in [-0.15, -0.1) is 0 Å². The summed E-state index contributed by atoms with van der Waals surface area (Å²) >= 11 is 1.52. The predicted molar refractivity (Wildman–Crippen MR) is 132 cm³/mol. The molecule has 0 radical (unpaired) electrons. The Hall–Kier alpha value is -2.91. The summed E-state index contributed by atoms with van der Waals surface area (Å²) in [6.07, 6.45) is 2.84. The van der Waals surface area contributed by atoms with Gasteiger partial charge in [-0.2, -0.15) is 5.10 Å². The number of hydrogen-bond acceptors (Lipinski definition) is 7. The van der Waals surface area contributed by atoms with Crippen LogP contribution in [-0.2, 0) is 11.2 Å². The fourth-order valence-corrected chi connectivity index (χ4v) is 4.67. The molecule has 174 valence electrons. The second kappa shape index (κ2) is 10.4. The predicted octanol–water partition coefficient (Wildman–Crippen LogP) is 4.02. The van der Waals surface area contributed by atoms with Crippen LogP contribution in [0.5, 0.6) is 0 Å². The Labute approximate surface area is 199 Å². The molecule has 1 aliphatic rings. The number of amides is 1. The third-order valence-electron chi connectivity index (χ3n) is 5.78. The summed E-state index contributed by atoms with van der Waals surface area (Å²) < 4.78 is 0. The molecule has 3 N–H and O–H groups in total. The molecule has 0 atom stereocenters. The number of piperidine rings is 1. The van der Waals surface area contributed by atoms with Crippen molar-refractivity contribution in [3.8, 4) is 0 Å². The number of aromatic nitrogens is 4. The molecule has 0 spiro atoms. The lowest BCUT2D eigenvalue weighted by Gasteiger charge is -2.30. The number of carbonyl (C=O) groups is 1. The van der Waals surface area contributed by atoms with E-state index in [0.29, 0.717) is 17.6 Å². The highest BCUT2D eigenvalue weighted by Gasteiger charge is 2.20. The summed E-state index contributed by atoms with van der Waals surface area (Å²) in [6.45, 7) is 7.77. The van der Waals surface area contributed by atoms with Crippen LogP contribution in [0.2, 0.25) is 0 Å². The molecule has 33 heavy (non-hydrogen) atoms. The minimum Gasteiger partial charge on any atom is -0.367 e. The highest BCUT2D eigenvalue weighted by atomic mass is 32.2. The van der Waals surface area contributed by atoms with E-state index in [1.54, 1.807) is 0 Å². The number of hydrogen-bond donors (Lipinski definition) is 3. The Morgan fingerprint density at radius 3 is 2.55 bits per heavy atom. The maximum atomic E-state index is 11.3. The van der Waals surface area contributed by atoms with Crippen molar-refractivity contribution in [3.05, 3.63) is 53.0 Å². The van der Waals surface area contributed by atoms with Gasteiger partial charge in [0.05, 0.1) is 11.4 Å². The van der Waals surface area contributed by atoms with Crippen molar-refractivity contribution >= 4 is 29.2 Å². The molecule has 9 heteroatoms. The first-order chi connectivity index (χ1) is 15.9. The highest BCUT2D eigenvalue weighted by Crippen LogP contribution is 2.30. The van der Waals surface area contributed by atoms with Gasteiger partial charge in [0.15, 0.2) is 5.16 Å². The van der Waals surface area contributed by atoms with Crippen LogP contribution in [0.1, 0.15) is 42.4 Å². The number of aromatic amines is 1. The average molecular weight is 466 g/mol. The van der Waals surface area contributed by atoms with Gasteiger partial charge in [0, 0.05) is 41.2 Å². The number of likely N-dealkylation sites (tertiary alicyclic amines) is 1. The van der Waals surface area contributed by atoms with Crippen LogP contribution in [0.25, 0.3) is 0 Å². The van der Waals surface area contributed by atoms with E-state index < -0.39 is 0 Å². The molecule has 1 amide bonds. The Morgan fingerprint density at radius 1 is 1.18 bits per heavy atom. The topological polar surface area (TPSA) is 98.8 Å². The second-order valence-electron chi connectivity index (χ2n) is 8.68. The lowest BCUT2D eigenvalue weighted by molar-refractivity contribution is -0.114. The van der Waals surface area contributed by atoms with Crippen molar-refractivity contribution in [1.82, 2.24) is 25.1 Å². The first kappa shape index (κ1) is 23.3. The number of nitrogens with zero attached hydrogens (tertiary/aromatic N) is 4. The molecule has 1 saturated heterocycles. The van der Waals surface area contributed by atoms with Crippen molar-refractivity contribution in [1.29, 1.82) is 0 Å². The molecule has 1 fully saturated rings. The normalized spacial score (nSPS) is 14.9. The first-order valence-corrected chi connectivity index (χ1v) is 12.1. The van der Waals surface area contributed by atoms with Crippen LogP contribution in [-0.4, -0.2) is 57.2 Å². The third kappa shape index (κ3) is 6.33. The first-order valence-electron chi connectivity index (χ1n) is 11.2. The molecular weight excluding hydrogens is 434 g/mol. The van der Waals surface area contributed by atoms with E-state index >= 15 is 0 Å². The molecular formula is C24H31N7OS. The van der Waals surface area contributed by atoms with E-state index in [0.717, 1.165) is 65.0 Å². The molecule has 0 bridgehead atoms. The fraction of sp³-hybridized carbons (Fsp3) is 0.417. The van der Waals surface area contributed by atoms with Crippen molar-refractivity contribution in [2.75, 3.05) is 30.8 Å². The third-order valence-corrected chi connectivity index (χ3v) is 6.65. The van der Waals surface area contributed by atoms with Gasteiger partial charge in [0.2, 0.25) is 5.91 Å². The molecule has 0 saturated carbocycles. The van der Waals surface area contributed by atoms with E-state index in [2.05, 4.69) is 45.8 Å². The summed E-state index contributed by atoms with van der Waals surface area (Å²) in [4.78, 5) is 24.4. The van der Waals surface area contributed by atoms with Crippen molar-refractivity contribution in [2.24, 2.45) is 0 Å². The lowest BCUT2D eigenvalue weighted by atomic mass is 10.0. The average Bonchev–Trinajstić information content (AvgIpc) is 3.18. The molecule has 0 unspecified atom stereocenters. The molecule has 1 aliphatic heterocycles. The number of benzene rings is 1. The summed E-state index contributed by atoms with van der Waals surface area (Å²) in [5.74, 6) is 0.819. The Balaban J connectivity index is 1.59. The zero-order valence-electron chi connectivity index (χ0n) is 19.6. The number of anilines is 2. The zero-order chi connectivity index (χ0) is 23.4. The van der Waals surface area contributed by atoms with Crippen molar-refractivity contribution in [2.45, 2.75) is 56.1 Å². The zero-order valence-corrected chi connectivity index (χ0v) is 20.4. The number of carbonyl (C=O) groups excluding carboxylic acids is 1. The monoisotopic (exact) mass is 465 g/mol. The fourth-order valence-electron chi connectivity index (χ4n) is 3.90. The van der Waals surface area contributed by atoms with E-state index in [4.69, 9.17) is 9.97 Å². The van der Waals surface area contributed by atoms with Crippen LogP contribution in [0.15, 0.2) is 40.4 Å². The van der Waals surface area contributed by atoms with Crippen molar-refractivity contribution in [3.63, 3.8) is 0 Å². The quantitative estimate of drug-likeness (QED) is 0.453. The number of aryl methyl sites for hydroxylation is 1. The Bertz CT molecular complexity index is 1100. The largest absolute Gasteiger partial charge is 0.367 e. The number of rotatable bonds is 7. The number of nitrogens with one attached hydrogen (secondary N) is 3. The van der Waals surface area contributed by atoms with E-state index in [1.807, 2.05) is 31.2 Å². The standard InChI is InChI=1S/C24H31N7OS/c1-15-13-20(30-29-15)14-22-16(2)23(26-19-9-11-31(4)12-10-19)28-24(27-22)33-21-7-5-18(6-8-21)25-17(3)32/h5-8,13,19H,9-12,14H2,1-4H3,(H,25,32)(H,29,30)(H,26,27,28). The molecule has 0 aliphatic carbocycles. The van der Waals surface area contributed by atoms with Crippen LogP contribution in [0, 0.1) is 13.8 Å². The van der Waals surface area contributed by atoms with Gasteiger partial charge < -0.3 is 15.5 Å². The van der Waals surface area contributed by atoms with Crippen LogP contribution < -0.4 is 10.6 Å². The summed E-state index contributed by atoms with van der Waals surface area (Å²) in [5.41, 5.74) is 4.82. The van der Waals surface area contributed by atoms with E-state index in [9.17, 15) is 4.79 Å². The van der Waals surface area contributed by atoms with Gasteiger partial charge in [-0.05, 0) is 88.9 Å². The molecule has 3 aromatic rings. The number of H-pyrrole nitrogens is 1. The smallest absolute Gasteiger partial charge is 0.221 e. The second-order valence-corrected chi connectivity index (χ2v) is 9.72. The minimum atomic E-state index is -0.0832. The van der Waals surface area contributed by atoms with Crippen LogP contribution in [0.4, 0.5) is 11.5 Å². The lowest BCUT2D eigenvalue weighted by Crippen LogP contribution is -2.37. The van der Waals surface area contributed by atoms with Gasteiger partial charge in [0.25, 0.3) is 0 Å². The van der Waals surface area contributed by atoms with Crippen LogP contribution in [0.3, 0.4) is 0 Å². The van der Waals surface area contributed by atoms with Gasteiger partial charge in [-0.1, -0.05) is 0 Å². The molecule has 1 aromatic carbocycles.